The van der Waals surface area contributed by atoms with Gasteiger partial charge in [-0.2, -0.15) is 0 Å². The van der Waals surface area contributed by atoms with Crippen LogP contribution in [0.3, 0.4) is 0 Å². The summed E-state index contributed by atoms with van der Waals surface area (Å²) in [7, 11) is 2.07. The predicted molar refractivity (Wildman–Crippen MR) is 81.6 cm³/mol. The van der Waals surface area contributed by atoms with E-state index in [1.807, 2.05) is 32.0 Å². The van der Waals surface area contributed by atoms with E-state index in [1.54, 1.807) is 0 Å². The van der Waals surface area contributed by atoms with Crippen LogP contribution in [0.15, 0.2) is 18.2 Å². The summed E-state index contributed by atoms with van der Waals surface area (Å²) in [4.78, 5) is 14.2. The number of carbonyl (C=O) groups is 1. The summed E-state index contributed by atoms with van der Waals surface area (Å²) in [6, 6.07) is 6.06. The minimum absolute atomic E-state index is 0.0979. The Balaban J connectivity index is 2.43. The van der Waals surface area contributed by atoms with Crippen molar-refractivity contribution in [2.75, 3.05) is 25.5 Å². The second-order valence-corrected chi connectivity index (χ2v) is 5.22. The molecular formula is C16H26N2O. The molecule has 0 bridgehead atoms. The fourth-order valence-corrected chi connectivity index (χ4v) is 2.05. The van der Waals surface area contributed by atoms with Gasteiger partial charge in [0.25, 0.3) is 0 Å². The zero-order valence-corrected chi connectivity index (χ0v) is 12.6. The number of nitrogens with zero attached hydrogens (tertiary/aromatic N) is 1. The fourth-order valence-electron chi connectivity index (χ4n) is 2.05. The molecule has 0 heterocycles. The van der Waals surface area contributed by atoms with E-state index in [1.165, 1.54) is 12.8 Å². The van der Waals surface area contributed by atoms with Crippen LogP contribution in [-0.2, 0) is 4.79 Å². The van der Waals surface area contributed by atoms with E-state index in [0.717, 1.165) is 29.9 Å². The minimum atomic E-state index is 0.0979. The number of nitrogens with one attached hydrogen (secondary N) is 1. The van der Waals surface area contributed by atoms with Gasteiger partial charge < -0.3 is 10.2 Å². The molecule has 0 aliphatic carbocycles. The number of benzene rings is 1. The highest BCUT2D eigenvalue weighted by Gasteiger charge is 2.08. The molecule has 1 aromatic carbocycles. The van der Waals surface area contributed by atoms with Gasteiger partial charge in [-0.1, -0.05) is 31.5 Å². The SMILES string of the molecule is CCCCN(C)CCC(=O)Nc1c(C)cccc1C. The topological polar surface area (TPSA) is 32.3 Å². The number of hydrogen-bond acceptors (Lipinski definition) is 2. The third-order valence-electron chi connectivity index (χ3n) is 3.36. The van der Waals surface area contributed by atoms with Gasteiger partial charge in [0.15, 0.2) is 0 Å². The Labute approximate surface area is 117 Å². The van der Waals surface area contributed by atoms with E-state index in [9.17, 15) is 4.79 Å². The molecule has 1 N–H and O–H groups in total. The van der Waals surface area contributed by atoms with E-state index in [-0.39, 0.29) is 5.91 Å². The first-order chi connectivity index (χ1) is 9.04. The van der Waals surface area contributed by atoms with Gasteiger partial charge in [-0.3, -0.25) is 4.79 Å². The van der Waals surface area contributed by atoms with Gasteiger partial charge in [0.1, 0.15) is 0 Å². The van der Waals surface area contributed by atoms with Crippen LogP contribution in [0.5, 0.6) is 0 Å². The third kappa shape index (κ3) is 5.43. The molecule has 0 saturated heterocycles. The number of para-hydroxylation sites is 1. The monoisotopic (exact) mass is 262 g/mol. The molecule has 3 nitrogen and oxygen atoms in total. The van der Waals surface area contributed by atoms with Crippen LogP contribution in [0.1, 0.15) is 37.3 Å². The Morgan fingerprint density at radius 2 is 1.84 bits per heavy atom. The molecule has 0 fully saturated rings. The number of anilines is 1. The number of rotatable bonds is 7. The molecule has 106 valence electrons. The molecule has 0 aromatic heterocycles. The highest BCUT2D eigenvalue weighted by molar-refractivity contribution is 5.92. The molecular weight excluding hydrogens is 236 g/mol. The standard InChI is InChI=1S/C16H26N2O/c1-5-6-11-18(4)12-10-15(19)17-16-13(2)8-7-9-14(16)3/h7-9H,5-6,10-12H2,1-4H3,(H,17,19). The van der Waals surface area contributed by atoms with E-state index < -0.39 is 0 Å². The van der Waals surface area contributed by atoms with Crippen molar-refractivity contribution < 1.29 is 4.79 Å². The van der Waals surface area contributed by atoms with Crippen molar-refractivity contribution in [2.24, 2.45) is 0 Å². The van der Waals surface area contributed by atoms with Crippen LogP contribution in [0.4, 0.5) is 5.69 Å². The molecule has 0 aliphatic rings. The highest BCUT2D eigenvalue weighted by atomic mass is 16.1. The zero-order chi connectivity index (χ0) is 14.3. The molecule has 0 atom stereocenters. The third-order valence-corrected chi connectivity index (χ3v) is 3.36. The van der Waals surface area contributed by atoms with Crippen LogP contribution in [0.2, 0.25) is 0 Å². The Hall–Kier alpha value is -1.35. The molecule has 0 unspecified atom stereocenters. The van der Waals surface area contributed by atoms with E-state index in [0.29, 0.717) is 6.42 Å². The van der Waals surface area contributed by atoms with Crippen LogP contribution >= 0.6 is 0 Å². The molecule has 1 rings (SSSR count). The lowest BCUT2D eigenvalue weighted by atomic mass is 10.1. The Kier molecular flexibility index (Phi) is 6.57. The number of aryl methyl sites for hydroxylation is 2. The summed E-state index contributed by atoms with van der Waals surface area (Å²) in [5, 5.41) is 3.02. The lowest BCUT2D eigenvalue weighted by molar-refractivity contribution is -0.116. The highest BCUT2D eigenvalue weighted by Crippen LogP contribution is 2.19. The van der Waals surface area contributed by atoms with Crippen molar-refractivity contribution in [1.29, 1.82) is 0 Å². The maximum atomic E-state index is 12.0. The van der Waals surface area contributed by atoms with Gasteiger partial charge in [-0.15, -0.1) is 0 Å². The van der Waals surface area contributed by atoms with Gasteiger partial charge in [0, 0.05) is 18.7 Å². The number of unbranched alkanes of at least 4 members (excludes halogenated alkanes) is 1. The number of hydrogen-bond donors (Lipinski definition) is 1. The smallest absolute Gasteiger partial charge is 0.225 e. The van der Waals surface area contributed by atoms with Crippen LogP contribution in [0, 0.1) is 13.8 Å². The Morgan fingerprint density at radius 3 is 2.42 bits per heavy atom. The van der Waals surface area contributed by atoms with Crippen molar-refractivity contribution in [3.05, 3.63) is 29.3 Å². The summed E-state index contributed by atoms with van der Waals surface area (Å²) >= 11 is 0. The minimum Gasteiger partial charge on any atom is -0.326 e. The van der Waals surface area contributed by atoms with Gasteiger partial charge in [-0.25, -0.2) is 0 Å². The van der Waals surface area contributed by atoms with E-state index in [4.69, 9.17) is 0 Å². The van der Waals surface area contributed by atoms with Crippen LogP contribution in [0.25, 0.3) is 0 Å². The van der Waals surface area contributed by atoms with Crippen molar-refractivity contribution in [3.8, 4) is 0 Å². The van der Waals surface area contributed by atoms with Crippen molar-refractivity contribution in [2.45, 2.75) is 40.0 Å². The second-order valence-electron chi connectivity index (χ2n) is 5.22. The summed E-state index contributed by atoms with van der Waals surface area (Å²) in [5.74, 6) is 0.0979. The van der Waals surface area contributed by atoms with Crippen LogP contribution in [-0.4, -0.2) is 30.9 Å². The van der Waals surface area contributed by atoms with Crippen molar-refractivity contribution >= 4 is 11.6 Å². The molecule has 1 aromatic rings. The first-order valence-corrected chi connectivity index (χ1v) is 7.09. The molecule has 0 saturated carbocycles. The van der Waals surface area contributed by atoms with Crippen molar-refractivity contribution in [1.82, 2.24) is 4.90 Å². The molecule has 0 radical (unpaired) electrons. The van der Waals surface area contributed by atoms with E-state index in [2.05, 4.69) is 24.2 Å². The van der Waals surface area contributed by atoms with Gasteiger partial charge >= 0.3 is 0 Å². The number of carbonyl (C=O) groups excluding carboxylic acids is 1. The summed E-state index contributed by atoms with van der Waals surface area (Å²) in [6.45, 7) is 8.11. The fraction of sp³-hybridized carbons (Fsp3) is 0.562. The molecule has 0 spiro atoms. The molecule has 3 heteroatoms. The van der Waals surface area contributed by atoms with Gasteiger partial charge in [0.2, 0.25) is 5.91 Å². The number of amides is 1. The lowest BCUT2D eigenvalue weighted by Crippen LogP contribution is -2.25. The molecule has 1 amide bonds. The average molecular weight is 262 g/mol. The summed E-state index contributed by atoms with van der Waals surface area (Å²) < 4.78 is 0. The lowest BCUT2D eigenvalue weighted by Gasteiger charge is -2.16. The maximum Gasteiger partial charge on any atom is 0.225 e. The largest absolute Gasteiger partial charge is 0.326 e. The first-order valence-electron chi connectivity index (χ1n) is 7.09. The molecule has 0 aliphatic heterocycles. The Bertz CT molecular complexity index is 395. The first kappa shape index (κ1) is 15.7. The maximum absolute atomic E-state index is 12.0. The Morgan fingerprint density at radius 1 is 1.21 bits per heavy atom. The van der Waals surface area contributed by atoms with Crippen LogP contribution < -0.4 is 5.32 Å². The quantitative estimate of drug-likeness (QED) is 0.817. The average Bonchev–Trinajstić information content (AvgIpc) is 2.38. The van der Waals surface area contributed by atoms with Gasteiger partial charge in [-0.05, 0) is 45.0 Å². The predicted octanol–water partition coefficient (Wildman–Crippen LogP) is 3.36. The van der Waals surface area contributed by atoms with Gasteiger partial charge in [0.05, 0.1) is 0 Å². The second kappa shape index (κ2) is 7.95. The van der Waals surface area contributed by atoms with E-state index >= 15 is 0 Å². The summed E-state index contributed by atoms with van der Waals surface area (Å²) in [6.07, 6.45) is 2.93. The zero-order valence-electron chi connectivity index (χ0n) is 12.6. The summed E-state index contributed by atoms with van der Waals surface area (Å²) in [5.41, 5.74) is 3.20. The van der Waals surface area contributed by atoms with Crippen molar-refractivity contribution in [3.63, 3.8) is 0 Å². The normalized spacial score (nSPS) is 10.8. The molecule has 19 heavy (non-hydrogen) atoms.